The lowest BCUT2D eigenvalue weighted by Crippen LogP contribution is -2.51. The second kappa shape index (κ2) is 13.6. The van der Waals surface area contributed by atoms with Crippen LogP contribution in [0.15, 0.2) is 59.5 Å². The minimum absolute atomic E-state index is 0.0745. The van der Waals surface area contributed by atoms with Crippen molar-refractivity contribution in [2.24, 2.45) is 5.92 Å². The molecule has 230 valence electrons. The van der Waals surface area contributed by atoms with Crippen LogP contribution < -0.4 is 29.9 Å². The molecule has 0 bridgehead atoms. The van der Waals surface area contributed by atoms with Gasteiger partial charge in [0.25, 0.3) is 5.92 Å². The van der Waals surface area contributed by atoms with Gasteiger partial charge in [0.05, 0.1) is 25.8 Å². The van der Waals surface area contributed by atoms with E-state index in [-0.39, 0.29) is 16.1 Å². The number of nitrogen functional groups attached to an aromatic ring is 1. The number of hydrogen-bond donors (Lipinski definition) is 3. The second-order valence-electron chi connectivity index (χ2n) is 8.41. The Morgan fingerprint density at radius 2 is 1.43 bits per heavy atom. The van der Waals surface area contributed by atoms with E-state index in [1.54, 1.807) is 0 Å². The molecule has 0 aliphatic carbocycles. The van der Waals surface area contributed by atoms with E-state index >= 15 is 8.78 Å². The first kappa shape index (κ1) is 32.9. The number of aromatic nitrogens is 2. The third kappa shape index (κ3) is 7.83. The number of ether oxygens (including phenoxy) is 2. The summed E-state index contributed by atoms with van der Waals surface area (Å²) >= 11 is 5.69. The molecule has 42 heavy (non-hydrogen) atoms. The number of halogens is 5. The number of phosphoric acid groups is 1. The zero-order valence-electron chi connectivity index (χ0n) is 21.8. The maximum Gasteiger partial charge on any atom is 0.587 e. The quantitative estimate of drug-likeness (QED) is 0.171. The highest BCUT2D eigenvalue weighted by atomic mass is 35.5. The van der Waals surface area contributed by atoms with Crippen LogP contribution in [0.25, 0.3) is 0 Å². The SMILES string of the molecule is COc1ccc(OP(=O)(OCC(C(F)F)C(F)(F)C(O)C(O)n2cc(Cl)c(N)nc2=O)Oc2ccc(OC)cc2)cc1. The second-order valence-corrected chi connectivity index (χ2v) is 10.3. The summed E-state index contributed by atoms with van der Waals surface area (Å²) < 4.78 is 97.4. The number of nitrogens with zero attached hydrogens (tertiary/aromatic N) is 2. The number of hydrogen-bond acceptors (Lipinski definition) is 11. The fourth-order valence-electron chi connectivity index (χ4n) is 3.34. The minimum atomic E-state index is -4.99. The fourth-order valence-corrected chi connectivity index (χ4v) is 4.74. The molecule has 18 heteroatoms. The third-order valence-electron chi connectivity index (χ3n) is 5.66. The summed E-state index contributed by atoms with van der Waals surface area (Å²) in [5.41, 5.74) is 3.92. The molecule has 3 aromatic rings. The molecular formula is C24H25ClF4N3O9P. The summed E-state index contributed by atoms with van der Waals surface area (Å²) in [6.45, 7) is -1.71. The molecule has 0 aliphatic rings. The lowest BCUT2D eigenvalue weighted by Gasteiger charge is -2.33. The molecule has 3 unspecified atom stereocenters. The van der Waals surface area contributed by atoms with Crippen molar-refractivity contribution in [3.63, 3.8) is 0 Å². The molecule has 12 nitrogen and oxygen atoms in total. The first-order valence-corrected chi connectivity index (χ1v) is 13.5. The van der Waals surface area contributed by atoms with Gasteiger partial charge < -0.3 is 34.5 Å². The van der Waals surface area contributed by atoms with Gasteiger partial charge in [-0.05, 0) is 48.5 Å². The molecule has 4 N–H and O–H groups in total. The van der Waals surface area contributed by atoms with Crippen molar-refractivity contribution in [3.05, 3.63) is 70.2 Å². The van der Waals surface area contributed by atoms with Gasteiger partial charge in [-0.1, -0.05) is 11.6 Å². The predicted molar refractivity (Wildman–Crippen MR) is 140 cm³/mol. The summed E-state index contributed by atoms with van der Waals surface area (Å²) in [7, 11) is -2.24. The number of nitrogens with two attached hydrogens (primary N) is 1. The first-order valence-electron chi connectivity index (χ1n) is 11.7. The highest BCUT2D eigenvalue weighted by molar-refractivity contribution is 7.49. The summed E-state index contributed by atoms with van der Waals surface area (Å²) in [6.07, 6.45) is -9.47. The summed E-state index contributed by atoms with van der Waals surface area (Å²) in [6, 6.07) is 10.6. The van der Waals surface area contributed by atoms with Gasteiger partial charge in [-0.15, -0.1) is 0 Å². The molecule has 0 spiro atoms. The molecule has 0 saturated heterocycles. The summed E-state index contributed by atoms with van der Waals surface area (Å²) in [5, 5.41) is 20.0. The van der Waals surface area contributed by atoms with Gasteiger partial charge in [0, 0.05) is 6.20 Å². The van der Waals surface area contributed by atoms with Crippen LogP contribution in [0.4, 0.5) is 23.4 Å². The standard InChI is InChI=1S/C24H25ClF4N3O9P/c1-37-13-3-7-15(8-4-13)40-42(36,41-16-9-5-14(38-2)6-10-16)39-12-17(20(26)27)24(28,29)19(33)22(34)32-11-18(25)21(30)31-23(32)35/h3-11,17,19-20,22,33-34H,12H2,1-2H3,(H2,30,31,35). The topological polar surface area (TPSA) is 165 Å². The normalized spacial score (nSPS) is 14.2. The van der Waals surface area contributed by atoms with Gasteiger partial charge in [-0.25, -0.2) is 26.9 Å². The minimum Gasteiger partial charge on any atom is -0.497 e. The van der Waals surface area contributed by atoms with Gasteiger partial charge in [-0.2, -0.15) is 4.98 Å². The molecule has 0 aliphatic heterocycles. The number of alkyl halides is 4. The first-order chi connectivity index (χ1) is 19.7. The van der Waals surface area contributed by atoms with Gasteiger partial charge in [0.15, 0.2) is 12.3 Å². The molecule has 0 fully saturated rings. The molecular weight excluding hydrogens is 617 g/mol. The fraction of sp³-hybridized carbons (Fsp3) is 0.333. The lowest BCUT2D eigenvalue weighted by molar-refractivity contribution is -0.225. The molecule has 2 aromatic carbocycles. The Bertz CT molecular complexity index is 1400. The zero-order valence-corrected chi connectivity index (χ0v) is 23.4. The van der Waals surface area contributed by atoms with E-state index in [2.05, 4.69) is 4.98 Å². The number of phosphoric ester groups is 1. The molecule has 0 radical (unpaired) electrons. The maximum atomic E-state index is 15.2. The van der Waals surface area contributed by atoms with Crippen molar-refractivity contribution >= 4 is 25.2 Å². The largest absolute Gasteiger partial charge is 0.587 e. The Kier molecular flexibility index (Phi) is 10.7. The Balaban J connectivity index is 1.89. The van der Waals surface area contributed by atoms with E-state index < -0.39 is 61.6 Å². The van der Waals surface area contributed by atoms with E-state index in [0.717, 1.165) is 0 Å². The number of methoxy groups -OCH3 is 2. The Labute approximate surface area is 240 Å². The van der Waals surface area contributed by atoms with Crippen molar-refractivity contribution in [1.29, 1.82) is 0 Å². The van der Waals surface area contributed by atoms with Crippen LogP contribution in [0.1, 0.15) is 6.23 Å². The van der Waals surface area contributed by atoms with E-state index in [1.807, 2.05) is 0 Å². The number of aliphatic hydroxyl groups excluding tert-OH is 2. The van der Waals surface area contributed by atoms with Crippen LogP contribution in [-0.4, -0.2) is 59.0 Å². The highest BCUT2D eigenvalue weighted by Gasteiger charge is 2.55. The van der Waals surface area contributed by atoms with E-state index in [1.165, 1.54) is 62.8 Å². The summed E-state index contributed by atoms with van der Waals surface area (Å²) in [5.74, 6) is -8.18. The summed E-state index contributed by atoms with van der Waals surface area (Å²) in [4.78, 5) is 15.2. The molecule has 0 saturated carbocycles. The van der Waals surface area contributed by atoms with Crippen LogP contribution in [0.3, 0.4) is 0 Å². The van der Waals surface area contributed by atoms with Gasteiger partial charge in [0.1, 0.15) is 34.7 Å². The van der Waals surface area contributed by atoms with Crippen LogP contribution in [-0.2, 0) is 9.09 Å². The smallest absolute Gasteiger partial charge is 0.497 e. The lowest BCUT2D eigenvalue weighted by atomic mass is 9.96. The number of rotatable bonds is 14. The van der Waals surface area contributed by atoms with E-state index in [0.29, 0.717) is 17.7 Å². The van der Waals surface area contributed by atoms with Gasteiger partial charge in [0.2, 0.25) is 6.43 Å². The van der Waals surface area contributed by atoms with Gasteiger partial charge >= 0.3 is 13.5 Å². The van der Waals surface area contributed by atoms with Crippen molar-refractivity contribution in [3.8, 4) is 23.0 Å². The Morgan fingerprint density at radius 3 is 1.86 bits per heavy atom. The Hall–Kier alpha value is -3.56. The highest BCUT2D eigenvalue weighted by Crippen LogP contribution is 2.51. The van der Waals surface area contributed by atoms with Crippen molar-refractivity contribution in [1.82, 2.24) is 9.55 Å². The van der Waals surface area contributed by atoms with E-state index in [9.17, 15) is 28.4 Å². The molecule has 1 heterocycles. The number of aliphatic hydroxyl groups is 2. The number of anilines is 1. The number of benzene rings is 2. The van der Waals surface area contributed by atoms with Crippen molar-refractivity contribution in [2.45, 2.75) is 24.7 Å². The maximum absolute atomic E-state index is 15.2. The van der Waals surface area contributed by atoms with E-state index in [4.69, 9.17) is 40.4 Å². The monoisotopic (exact) mass is 641 g/mol. The third-order valence-corrected chi connectivity index (χ3v) is 7.29. The molecule has 1 aromatic heterocycles. The Morgan fingerprint density at radius 1 is 0.976 bits per heavy atom. The average Bonchev–Trinajstić information content (AvgIpc) is 2.94. The average molecular weight is 642 g/mol. The van der Waals surface area contributed by atoms with Crippen LogP contribution in [0.2, 0.25) is 5.02 Å². The van der Waals surface area contributed by atoms with Crippen molar-refractivity contribution in [2.75, 3.05) is 26.6 Å². The van der Waals surface area contributed by atoms with Crippen LogP contribution >= 0.6 is 19.4 Å². The van der Waals surface area contributed by atoms with Gasteiger partial charge in [-0.3, -0.25) is 9.09 Å². The molecule has 0 amide bonds. The van der Waals surface area contributed by atoms with Crippen LogP contribution in [0, 0.1) is 5.92 Å². The predicted octanol–water partition coefficient (Wildman–Crippen LogP) is 4.15. The van der Waals surface area contributed by atoms with Crippen LogP contribution in [0.5, 0.6) is 23.0 Å². The zero-order chi connectivity index (χ0) is 31.2. The molecule has 3 rings (SSSR count). The van der Waals surface area contributed by atoms with Crippen molar-refractivity contribution < 1.29 is 55.4 Å². The molecule has 3 atom stereocenters.